The fourth-order valence-corrected chi connectivity index (χ4v) is 4.30. The van der Waals surface area contributed by atoms with Crippen LogP contribution in [-0.2, 0) is 17.1 Å². The van der Waals surface area contributed by atoms with E-state index in [1.807, 2.05) is 31.2 Å². The Morgan fingerprint density at radius 2 is 1.97 bits per heavy atom. The zero-order valence-corrected chi connectivity index (χ0v) is 19.5. The smallest absolute Gasteiger partial charge is 0.274 e. The van der Waals surface area contributed by atoms with Crippen LogP contribution < -0.4 is 15.6 Å². The molecule has 0 spiro atoms. The van der Waals surface area contributed by atoms with Gasteiger partial charge in [0.1, 0.15) is 12.1 Å². The molecule has 0 aliphatic rings. The molecular weight excluding hydrogens is 462 g/mol. The molecule has 0 saturated heterocycles. The molecule has 0 aliphatic heterocycles. The van der Waals surface area contributed by atoms with Crippen molar-refractivity contribution in [3.63, 3.8) is 0 Å². The summed E-state index contributed by atoms with van der Waals surface area (Å²) in [5.74, 6) is 0.980. The molecule has 0 saturated carbocycles. The summed E-state index contributed by atoms with van der Waals surface area (Å²) in [6, 6.07) is 15.9. The first-order valence-electron chi connectivity index (χ1n) is 10.4. The van der Waals surface area contributed by atoms with E-state index in [-0.39, 0.29) is 18.1 Å². The Hall–Kier alpha value is -3.30. The summed E-state index contributed by atoms with van der Waals surface area (Å²) in [4.78, 5) is 34.6. The molecule has 2 aromatic carbocycles. The molecule has 0 bridgehead atoms. The van der Waals surface area contributed by atoms with E-state index in [9.17, 15) is 9.59 Å². The number of fused-ring (bicyclic) bond motifs is 1. The van der Waals surface area contributed by atoms with E-state index in [1.165, 1.54) is 22.3 Å². The lowest BCUT2D eigenvalue weighted by atomic mass is 10.3. The van der Waals surface area contributed by atoms with Gasteiger partial charge in [-0.05, 0) is 30.7 Å². The molecule has 4 rings (SSSR count). The van der Waals surface area contributed by atoms with Gasteiger partial charge < -0.3 is 10.1 Å². The van der Waals surface area contributed by atoms with Crippen molar-refractivity contribution in [2.45, 2.75) is 30.5 Å². The van der Waals surface area contributed by atoms with Crippen molar-refractivity contribution in [3.8, 4) is 5.75 Å². The molecule has 1 amide bonds. The lowest BCUT2D eigenvalue weighted by Gasteiger charge is -2.12. The van der Waals surface area contributed by atoms with Crippen LogP contribution in [-0.4, -0.2) is 31.7 Å². The highest BCUT2D eigenvalue weighted by Gasteiger charge is 2.12. The molecule has 2 aromatic heterocycles. The molecule has 2 heterocycles. The molecule has 0 atom stereocenters. The number of carbonyl (C=O) groups is 1. The van der Waals surface area contributed by atoms with Gasteiger partial charge in [0.25, 0.3) is 17.2 Å². The number of amides is 1. The number of hydrogen-bond donors (Lipinski definition) is 1. The summed E-state index contributed by atoms with van der Waals surface area (Å²) in [5, 5.41) is 3.31. The molecular formula is C23H22ClN5O3S. The van der Waals surface area contributed by atoms with Crippen molar-refractivity contribution in [2.75, 3.05) is 11.9 Å². The Labute approximate surface area is 199 Å². The highest BCUT2D eigenvalue weighted by molar-refractivity contribution is 7.98. The Bertz CT molecular complexity index is 1340. The third-order valence-electron chi connectivity index (χ3n) is 4.68. The van der Waals surface area contributed by atoms with Crippen molar-refractivity contribution >= 4 is 40.7 Å². The van der Waals surface area contributed by atoms with Gasteiger partial charge in [-0.2, -0.15) is 9.50 Å². The molecule has 0 aliphatic carbocycles. The lowest BCUT2D eigenvalue weighted by Crippen LogP contribution is -2.21. The molecule has 0 radical (unpaired) electrons. The Morgan fingerprint density at radius 3 is 2.79 bits per heavy atom. The standard InChI is InChI=1S/C23H22ClN5O3S/c1-2-11-28-15-25-23-26-16(12-22(31)29(23)28)14-33-20-10-6-4-8-18(20)27-21(30)13-32-19-9-5-3-7-17(19)24/h3-10,12,15H,2,11,13-14H2,1H3,(H,27,30). The second-order valence-corrected chi connectivity index (χ2v) is 8.58. The van der Waals surface area contributed by atoms with Crippen LogP contribution in [0.1, 0.15) is 19.0 Å². The lowest BCUT2D eigenvalue weighted by molar-refractivity contribution is -0.118. The average Bonchev–Trinajstić information content (AvgIpc) is 3.21. The predicted molar refractivity (Wildman–Crippen MR) is 129 cm³/mol. The molecule has 1 N–H and O–H groups in total. The van der Waals surface area contributed by atoms with E-state index < -0.39 is 0 Å². The zero-order valence-electron chi connectivity index (χ0n) is 17.9. The largest absolute Gasteiger partial charge is 0.482 e. The maximum Gasteiger partial charge on any atom is 0.274 e. The second-order valence-electron chi connectivity index (χ2n) is 7.16. The van der Waals surface area contributed by atoms with Crippen molar-refractivity contribution in [1.82, 2.24) is 19.2 Å². The average molecular weight is 484 g/mol. The monoisotopic (exact) mass is 483 g/mol. The summed E-state index contributed by atoms with van der Waals surface area (Å²) in [5.41, 5.74) is 1.11. The number of hydrogen-bond acceptors (Lipinski definition) is 6. The summed E-state index contributed by atoms with van der Waals surface area (Å²) < 4.78 is 8.74. The molecule has 10 heteroatoms. The fraction of sp³-hybridized carbons (Fsp3) is 0.217. The minimum absolute atomic E-state index is 0.167. The molecule has 0 fully saturated rings. The van der Waals surface area contributed by atoms with E-state index >= 15 is 0 Å². The van der Waals surface area contributed by atoms with Crippen LogP contribution in [0.5, 0.6) is 5.75 Å². The molecule has 33 heavy (non-hydrogen) atoms. The number of nitrogens with one attached hydrogen (secondary N) is 1. The number of aryl methyl sites for hydroxylation is 1. The van der Waals surface area contributed by atoms with E-state index in [4.69, 9.17) is 16.3 Å². The quantitative estimate of drug-likeness (QED) is 0.358. The van der Waals surface area contributed by atoms with Crippen LogP contribution in [0.25, 0.3) is 5.78 Å². The maximum atomic E-state index is 12.6. The summed E-state index contributed by atoms with van der Waals surface area (Å²) >= 11 is 7.53. The highest BCUT2D eigenvalue weighted by atomic mass is 35.5. The van der Waals surface area contributed by atoms with Gasteiger partial charge >= 0.3 is 0 Å². The van der Waals surface area contributed by atoms with Gasteiger partial charge in [0.2, 0.25) is 0 Å². The summed E-state index contributed by atoms with van der Waals surface area (Å²) in [7, 11) is 0. The minimum atomic E-state index is -0.303. The Kier molecular flexibility index (Phi) is 7.31. The van der Waals surface area contributed by atoms with Gasteiger partial charge in [0.05, 0.1) is 16.4 Å². The Morgan fingerprint density at radius 1 is 1.18 bits per heavy atom. The third kappa shape index (κ3) is 5.55. The zero-order chi connectivity index (χ0) is 23.2. The van der Waals surface area contributed by atoms with E-state index in [0.29, 0.717) is 40.2 Å². The number of rotatable bonds is 9. The molecule has 0 unspecified atom stereocenters. The van der Waals surface area contributed by atoms with Crippen molar-refractivity contribution in [2.24, 2.45) is 0 Å². The van der Waals surface area contributed by atoms with E-state index in [0.717, 1.165) is 11.3 Å². The van der Waals surface area contributed by atoms with E-state index in [1.54, 1.807) is 35.3 Å². The predicted octanol–water partition coefficient (Wildman–Crippen LogP) is 4.26. The number of benzene rings is 2. The minimum Gasteiger partial charge on any atom is -0.482 e. The van der Waals surface area contributed by atoms with Gasteiger partial charge in [0, 0.05) is 23.3 Å². The first-order valence-corrected chi connectivity index (χ1v) is 11.7. The fourth-order valence-electron chi connectivity index (χ4n) is 3.20. The van der Waals surface area contributed by atoms with Gasteiger partial charge in [-0.3, -0.25) is 14.3 Å². The van der Waals surface area contributed by atoms with Crippen LogP contribution in [0.2, 0.25) is 5.02 Å². The Balaban J connectivity index is 1.42. The van der Waals surface area contributed by atoms with E-state index in [2.05, 4.69) is 15.3 Å². The third-order valence-corrected chi connectivity index (χ3v) is 6.10. The first-order chi connectivity index (χ1) is 16.0. The highest BCUT2D eigenvalue weighted by Crippen LogP contribution is 2.29. The van der Waals surface area contributed by atoms with Gasteiger partial charge in [-0.25, -0.2) is 4.98 Å². The molecule has 170 valence electrons. The van der Waals surface area contributed by atoms with Crippen molar-refractivity contribution in [1.29, 1.82) is 0 Å². The summed E-state index contributed by atoms with van der Waals surface area (Å²) in [6.07, 6.45) is 2.52. The van der Waals surface area contributed by atoms with Gasteiger partial charge in [-0.15, -0.1) is 11.8 Å². The van der Waals surface area contributed by atoms with Gasteiger partial charge in [0.15, 0.2) is 6.61 Å². The topological polar surface area (TPSA) is 90.5 Å². The maximum absolute atomic E-state index is 12.6. The van der Waals surface area contributed by atoms with Crippen LogP contribution in [0.15, 0.2) is 70.6 Å². The van der Waals surface area contributed by atoms with Crippen molar-refractivity contribution in [3.05, 3.63) is 82.0 Å². The molecule has 4 aromatic rings. The van der Waals surface area contributed by atoms with Crippen LogP contribution in [0.3, 0.4) is 0 Å². The summed E-state index contributed by atoms with van der Waals surface area (Å²) in [6.45, 7) is 2.56. The number of nitrogens with zero attached hydrogens (tertiary/aromatic N) is 4. The number of thioether (sulfide) groups is 1. The van der Waals surface area contributed by atoms with Crippen molar-refractivity contribution < 1.29 is 9.53 Å². The number of aromatic nitrogens is 4. The first kappa shape index (κ1) is 22.9. The SMILES string of the molecule is CCCn1cnc2nc(CSc3ccccc3NC(=O)COc3ccccc3Cl)cc(=O)n21. The number of ether oxygens (including phenoxy) is 1. The number of para-hydroxylation sites is 2. The number of carbonyl (C=O) groups excluding carboxylic acids is 1. The van der Waals surface area contributed by atoms with Crippen LogP contribution >= 0.6 is 23.4 Å². The van der Waals surface area contributed by atoms with Gasteiger partial charge in [-0.1, -0.05) is 42.8 Å². The normalized spacial score (nSPS) is 11.0. The molecule has 8 nitrogen and oxygen atoms in total. The van der Waals surface area contributed by atoms with Crippen LogP contribution in [0, 0.1) is 0 Å². The second kappa shape index (κ2) is 10.5. The number of anilines is 1. The number of halogens is 1. The van der Waals surface area contributed by atoms with Crippen LogP contribution in [0.4, 0.5) is 5.69 Å².